The number of nitrogens with zero attached hydrogens (tertiary/aromatic N) is 1. The Bertz CT molecular complexity index is 209. The molecule has 0 saturated heterocycles. The first-order valence-corrected chi connectivity index (χ1v) is 3.32. The zero-order valence-electron chi connectivity index (χ0n) is 4.72. The van der Waals surface area contributed by atoms with Gasteiger partial charge in [-0.1, -0.05) is 0 Å². The highest BCUT2D eigenvalue weighted by atomic mass is 127. The van der Waals surface area contributed by atoms with Crippen LogP contribution in [0.4, 0.5) is 0 Å². The van der Waals surface area contributed by atoms with E-state index in [1.54, 1.807) is 29.8 Å². The number of halogens is 1. The van der Waals surface area contributed by atoms with Gasteiger partial charge in [0.1, 0.15) is 0 Å². The van der Waals surface area contributed by atoms with Gasteiger partial charge in [0.25, 0.3) is 11.8 Å². The van der Waals surface area contributed by atoms with E-state index in [1.807, 2.05) is 0 Å². The highest BCUT2D eigenvalue weighted by Gasteiger charge is 2.25. The molecule has 0 fully saturated rings. The zero-order chi connectivity index (χ0) is 7.02. The Morgan fingerprint density at radius 2 is 2.11 bits per heavy atom. The maximum absolute atomic E-state index is 10.7. The van der Waals surface area contributed by atoms with Crippen LogP contribution in [0, 0.1) is 0 Å². The fourth-order valence-corrected chi connectivity index (χ4v) is 1.08. The molecule has 48 valence electrons. The van der Waals surface area contributed by atoms with E-state index in [-0.39, 0.29) is 11.8 Å². The Morgan fingerprint density at radius 3 is 2.22 bits per heavy atom. The first kappa shape index (κ1) is 6.73. The Labute approximate surface area is 66.2 Å². The molecule has 1 heterocycles. The summed E-state index contributed by atoms with van der Waals surface area (Å²) in [5.41, 5.74) is 0.509. The average Bonchev–Trinajstić information content (AvgIpc) is 1.98. The van der Waals surface area contributed by atoms with Crippen molar-refractivity contribution in [1.29, 1.82) is 0 Å². The number of amides is 2. The minimum Gasteiger partial charge on any atom is -0.268 e. The molecule has 0 bridgehead atoms. The molecule has 0 aromatic carbocycles. The van der Waals surface area contributed by atoms with Gasteiger partial charge in [-0.3, -0.25) is 9.59 Å². The zero-order valence-corrected chi connectivity index (χ0v) is 6.88. The summed E-state index contributed by atoms with van der Waals surface area (Å²) in [7, 11) is 0. The Morgan fingerprint density at radius 1 is 1.56 bits per heavy atom. The van der Waals surface area contributed by atoms with Crippen molar-refractivity contribution in [3.8, 4) is 0 Å². The van der Waals surface area contributed by atoms with Crippen LogP contribution < -0.4 is 0 Å². The van der Waals surface area contributed by atoms with E-state index in [2.05, 4.69) is 0 Å². The van der Waals surface area contributed by atoms with Gasteiger partial charge in [0.2, 0.25) is 0 Å². The number of hydrogen-bond acceptors (Lipinski definition) is 2. The van der Waals surface area contributed by atoms with E-state index < -0.39 is 0 Å². The molecule has 0 atom stereocenters. The summed E-state index contributed by atoms with van der Waals surface area (Å²) in [6.07, 6.45) is 1.33. The van der Waals surface area contributed by atoms with Crippen molar-refractivity contribution >= 4 is 34.7 Å². The highest BCUT2D eigenvalue weighted by molar-refractivity contribution is 14.1. The van der Waals surface area contributed by atoms with Crippen LogP contribution in [0.5, 0.6) is 0 Å². The second kappa shape index (κ2) is 2.09. The topological polar surface area (TPSA) is 37.4 Å². The van der Waals surface area contributed by atoms with Crippen LogP contribution >= 0.6 is 22.9 Å². The lowest BCUT2D eigenvalue weighted by molar-refractivity contribution is -0.129. The first-order chi connectivity index (χ1) is 4.13. The third-order valence-electron chi connectivity index (χ3n) is 1.05. The van der Waals surface area contributed by atoms with Crippen LogP contribution in [0.25, 0.3) is 0 Å². The minimum absolute atomic E-state index is 0.208. The van der Waals surface area contributed by atoms with Crippen molar-refractivity contribution < 1.29 is 9.59 Å². The minimum atomic E-state index is -0.238. The van der Waals surface area contributed by atoms with Crippen LogP contribution in [-0.4, -0.2) is 14.9 Å². The van der Waals surface area contributed by atoms with Gasteiger partial charge in [-0.05, 0) is 6.92 Å². The summed E-state index contributed by atoms with van der Waals surface area (Å²) >= 11 is 1.68. The fourth-order valence-electron chi connectivity index (χ4n) is 0.559. The number of imide groups is 1. The molecule has 0 aromatic rings. The SMILES string of the molecule is CC1=CC(=O)N(I)C1=O. The van der Waals surface area contributed by atoms with Crippen molar-refractivity contribution in [1.82, 2.24) is 3.11 Å². The summed E-state index contributed by atoms with van der Waals surface area (Å²) < 4.78 is 1.06. The summed E-state index contributed by atoms with van der Waals surface area (Å²) in [5.74, 6) is -0.446. The molecule has 0 spiro atoms. The largest absolute Gasteiger partial charge is 0.268 e. The van der Waals surface area contributed by atoms with E-state index in [9.17, 15) is 9.59 Å². The van der Waals surface area contributed by atoms with E-state index in [1.165, 1.54) is 6.08 Å². The number of rotatable bonds is 0. The third kappa shape index (κ3) is 0.983. The van der Waals surface area contributed by atoms with Crippen molar-refractivity contribution in [2.75, 3.05) is 0 Å². The summed E-state index contributed by atoms with van der Waals surface area (Å²) in [6.45, 7) is 1.62. The predicted molar refractivity (Wildman–Crippen MR) is 39.6 cm³/mol. The average molecular weight is 237 g/mol. The maximum atomic E-state index is 10.7. The van der Waals surface area contributed by atoms with Crippen LogP contribution in [0.3, 0.4) is 0 Å². The van der Waals surface area contributed by atoms with Gasteiger partial charge >= 0.3 is 0 Å². The monoisotopic (exact) mass is 237 g/mol. The predicted octanol–water partition coefficient (Wildman–Crippen LogP) is 0.651. The molecule has 0 unspecified atom stereocenters. The Hall–Kier alpha value is -0.390. The number of carbonyl (C=O) groups is 2. The molecular weight excluding hydrogens is 233 g/mol. The smallest absolute Gasteiger partial charge is 0.265 e. The third-order valence-corrected chi connectivity index (χ3v) is 1.96. The second-order valence-electron chi connectivity index (χ2n) is 1.75. The summed E-state index contributed by atoms with van der Waals surface area (Å²) in [6, 6.07) is 0. The van der Waals surface area contributed by atoms with Gasteiger partial charge in [0.05, 0.1) is 22.9 Å². The van der Waals surface area contributed by atoms with Gasteiger partial charge in [-0.2, -0.15) is 0 Å². The van der Waals surface area contributed by atoms with E-state index in [4.69, 9.17) is 0 Å². The van der Waals surface area contributed by atoms with Gasteiger partial charge in [-0.15, -0.1) is 0 Å². The van der Waals surface area contributed by atoms with Crippen molar-refractivity contribution in [2.45, 2.75) is 6.92 Å². The lowest BCUT2D eigenvalue weighted by atomic mass is 10.3. The van der Waals surface area contributed by atoms with Gasteiger partial charge in [-0.25, -0.2) is 3.11 Å². The standard InChI is InChI=1S/C5H4INO2/c1-3-2-4(8)7(6)5(3)9/h2H,1H3. The van der Waals surface area contributed by atoms with Crippen LogP contribution in [0.1, 0.15) is 6.92 Å². The summed E-state index contributed by atoms with van der Waals surface area (Å²) in [4.78, 5) is 21.4. The maximum Gasteiger partial charge on any atom is 0.265 e. The lowest BCUT2D eigenvalue weighted by Gasteiger charge is -1.99. The quantitative estimate of drug-likeness (QED) is 0.352. The normalized spacial score (nSPS) is 18.9. The van der Waals surface area contributed by atoms with Crippen LogP contribution in [0.15, 0.2) is 11.6 Å². The molecular formula is C5H4INO2. The van der Waals surface area contributed by atoms with Crippen LogP contribution in [0.2, 0.25) is 0 Å². The molecule has 0 aliphatic carbocycles. The van der Waals surface area contributed by atoms with E-state index >= 15 is 0 Å². The molecule has 3 nitrogen and oxygen atoms in total. The molecule has 0 N–H and O–H groups in total. The molecule has 1 aliphatic rings. The van der Waals surface area contributed by atoms with Crippen molar-refractivity contribution in [3.05, 3.63) is 11.6 Å². The Kier molecular flexibility index (Phi) is 1.56. The molecule has 1 rings (SSSR count). The number of hydrogen-bond donors (Lipinski definition) is 0. The van der Waals surface area contributed by atoms with Gasteiger partial charge in [0, 0.05) is 11.6 Å². The molecule has 0 aromatic heterocycles. The van der Waals surface area contributed by atoms with Crippen LogP contribution in [-0.2, 0) is 9.59 Å². The molecule has 1 aliphatic heterocycles. The number of carbonyl (C=O) groups excluding carboxylic acids is 2. The van der Waals surface area contributed by atoms with E-state index in [0.717, 1.165) is 3.11 Å². The molecule has 4 heteroatoms. The fraction of sp³-hybridized carbons (Fsp3) is 0.200. The van der Waals surface area contributed by atoms with E-state index in [0.29, 0.717) is 5.57 Å². The summed E-state index contributed by atoms with van der Waals surface area (Å²) in [5, 5.41) is 0. The molecule has 9 heavy (non-hydrogen) atoms. The molecule has 0 saturated carbocycles. The Balaban J connectivity index is 2.95. The van der Waals surface area contributed by atoms with Crippen molar-refractivity contribution in [2.24, 2.45) is 0 Å². The first-order valence-electron chi connectivity index (χ1n) is 2.35. The molecule has 2 amide bonds. The second-order valence-corrected chi connectivity index (χ2v) is 2.72. The van der Waals surface area contributed by atoms with Gasteiger partial charge < -0.3 is 0 Å². The van der Waals surface area contributed by atoms with Crippen molar-refractivity contribution in [3.63, 3.8) is 0 Å². The highest BCUT2D eigenvalue weighted by Crippen LogP contribution is 2.15. The molecule has 0 radical (unpaired) electrons. The lowest BCUT2D eigenvalue weighted by Crippen LogP contribution is -2.18. The van der Waals surface area contributed by atoms with Gasteiger partial charge in [0.15, 0.2) is 0 Å².